The number of carbonyl (C=O) groups excluding carboxylic acids is 1. The van der Waals surface area contributed by atoms with Gasteiger partial charge >= 0.3 is 6.03 Å². The van der Waals surface area contributed by atoms with Crippen molar-refractivity contribution in [3.05, 3.63) is 142 Å². The van der Waals surface area contributed by atoms with Gasteiger partial charge in [0.05, 0.1) is 12.7 Å². The number of fused-ring (bicyclic) bond motifs is 3. The van der Waals surface area contributed by atoms with Gasteiger partial charge in [-0.25, -0.2) is 22.8 Å². The molecule has 0 fully saturated rings. The predicted molar refractivity (Wildman–Crippen MR) is 183 cm³/mol. The molecule has 244 valence electrons. The molecule has 0 saturated heterocycles. The first-order valence-electron chi connectivity index (χ1n) is 16.5. The number of nitrogens with zero attached hydrogens (tertiary/aromatic N) is 3. The summed E-state index contributed by atoms with van der Waals surface area (Å²) < 4.78 is 34.2. The smallest absolute Gasteiger partial charge is 0.336 e. The van der Waals surface area contributed by atoms with Crippen molar-refractivity contribution in [2.45, 2.75) is 61.6 Å². The molecule has 2 heterocycles. The summed E-state index contributed by atoms with van der Waals surface area (Å²) in [6, 6.07) is 30.2. The van der Waals surface area contributed by atoms with E-state index in [9.17, 15) is 9.89 Å². The number of urea groups is 1. The highest BCUT2D eigenvalue weighted by Gasteiger charge is 2.51. The van der Waals surface area contributed by atoms with Crippen LogP contribution in [-0.4, -0.2) is 42.1 Å². The number of aryl methyl sites for hydroxylation is 2. The largest absolute Gasteiger partial charge is 0.474 e. The van der Waals surface area contributed by atoms with E-state index < -0.39 is 27.6 Å². The van der Waals surface area contributed by atoms with E-state index in [1.54, 1.807) is 0 Å². The number of aliphatic hydroxyl groups is 1. The molecule has 10 heteroatoms. The van der Waals surface area contributed by atoms with Crippen molar-refractivity contribution in [1.82, 2.24) is 14.1 Å². The van der Waals surface area contributed by atoms with E-state index in [2.05, 4.69) is 16.5 Å². The van der Waals surface area contributed by atoms with Gasteiger partial charge in [-0.15, -0.1) is 0 Å². The van der Waals surface area contributed by atoms with Crippen LogP contribution in [0.25, 0.3) is 0 Å². The van der Waals surface area contributed by atoms with Gasteiger partial charge < -0.3 is 15.2 Å². The first-order valence-corrected chi connectivity index (χ1v) is 18.0. The Morgan fingerprint density at radius 3 is 1.92 bits per heavy atom. The third-order valence-electron chi connectivity index (χ3n) is 9.88. The standard InChI is InChI=1S/C38H37N5O4S/c39-48(46,34-23-40-42-24-31(44)25-47-36(34)42)43(37(45)41-35-32-20-10-12-26(32)22-27-13-11-21-33(27)35)38(28-14-4-1-5-15-28,29-16-6-2-7-17-29)30-18-8-3-9-19-30/h1-9,14-19,22-23,31,39,44H,10-13,20-21,24-25H2,(H,41,45). The van der Waals surface area contributed by atoms with Gasteiger partial charge in [0.1, 0.15) is 23.1 Å². The first kappa shape index (κ1) is 30.4. The highest BCUT2D eigenvalue weighted by Crippen LogP contribution is 2.48. The van der Waals surface area contributed by atoms with Crippen molar-refractivity contribution in [2.75, 3.05) is 11.9 Å². The number of aromatic nitrogens is 2. The molecule has 8 rings (SSSR count). The van der Waals surface area contributed by atoms with E-state index in [4.69, 9.17) is 4.74 Å². The Morgan fingerprint density at radius 2 is 1.40 bits per heavy atom. The van der Waals surface area contributed by atoms with E-state index in [0.29, 0.717) is 16.7 Å². The normalized spacial score (nSPS) is 17.8. The topological polar surface area (TPSA) is 121 Å². The molecular weight excluding hydrogens is 623 g/mol. The second-order valence-electron chi connectivity index (χ2n) is 12.8. The Morgan fingerprint density at radius 1 is 0.875 bits per heavy atom. The van der Waals surface area contributed by atoms with Crippen molar-refractivity contribution in [2.24, 2.45) is 0 Å². The summed E-state index contributed by atoms with van der Waals surface area (Å²) in [5, 5.41) is 17.9. The Kier molecular flexibility index (Phi) is 7.57. The van der Waals surface area contributed by atoms with E-state index >= 15 is 9.00 Å². The van der Waals surface area contributed by atoms with Crippen LogP contribution in [0.1, 0.15) is 51.8 Å². The lowest BCUT2D eigenvalue weighted by Crippen LogP contribution is -2.55. The lowest BCUT2D eigenvalue weighted by atomic mass is 9.77. The summed E-state index contributed by atoms with van der Waals surface area (Å²) in [6.07, 6.45) is 6.17. The van der Waals surface area contributed by atoms with Crippen molar-refractivity contribution >= 4 is 21.6 Å². The molecule has 2 atom stereocenters. The van der Waals surface area contributed by atoms with Crippen LogP contribution in [-0.2, 0) is 47.7 Å². The number of aliphatic hydroxyl groups excluding tert-OH is 1. The molecule has 3 N–H and O–H groups in total. The average Bonchev–Trinajstić information content (AvgIpc) is 3.88. The quantitative estimate of drug-likeness (QED) is 0.173. The molecule has 9 nitrogen and oxygen atoms in total. The number of amides is 2. The number of nitrogens with one attached hydrogen (secondary N) is 2. The zero-order chi connectivity index (χ0) is 32.9. The van der Waals surface area contributed by atoms with Crippen LogP contribution in [0.2, 0.25) is 0 Å². The summed E-state index contributed by atoms with van der Waals surface area (Å²) in [6.45, 7) is 0.0877. The van der Waals surface area contributed by atoms with E-state index in [0.717, 1.165) is 55.3 Å². The van der Waals surface area contributed by atoms with Crippen molar-refractivity contribution in [3.8, 4) is 5.88 Å². The molecule has 0 bridgehead atoms. The molecule has 2 aliphatic carbocycles. The summed E-state index contributed by atoms with van der Waals surface area (Å²) in [5.74, 6) is 0.114. The second-order valence-corrected chi connectivity index (χ2v) is 14.6. The van der Waals surface area contributed by atoms with Gasteiger partial charge in [0.2, 0.25) is 5.88 Å². The molecule has 48 heavy (non-hydrogen) atoms. The fourth-order valence-corrected chi connectivity index (χ4v) is 9.59. The van der Waals surface area contributed by atoms with Crippen LogP contribution in [0, 0.1) is 4.78 Å². The predicted octanol–water partition coefficient (Wildman–Crippen LogP) is 6.46. The maximum atomic E-state index is 15.7. The molecule has 4 aromatic carbocycles. The van der Waals surface area contributed by atoms with Gasteiger partial charge in [-0.2, -0.15) is 5.10 Å². The third-order valence-corrected chi connectivity index (χ3v) is 11.7. The van der Waals surface area contributed by atoms with Crippen LogP contribution < -0.4 is 10.1 Å². The monoisotopic (exact) mass is 659 g/mol. The van der Waals surface area contributed by atoms with Crippen LogP contribution in [0.3, 0.4) is 0 Å². The zero-order valence-electron chi connectivity index (χ0n) is 26.5. The van der Waals surface area contributed by atoms with Crippen molar-refractivity contribution < 1.29 is 18.8 Å². The molecule has 1 aliphatic heterocycles. The molecule has 0 spiro atoms. The number of carbonyl (C=O) groups is 1. The zero-order valence-corrected chi connectivity index (χ0v) is 27.3. The molecule has 5 aromatic rings. The minimum absolute atomic E-state index is 0.0276. The molecule has 2 amide bonds. The number of hydrogen-bond acceptors (Lipinski definition) is 6. The van der Waals surface area contributed by atoms with E-state index in [-0.39, 0.29) is 23.9 Å². The Bertz CT molecular complexity index is 1970. The van der Waals surface area contributed by atoms with Crippen LogP contribution >= 0.6 is 0 Å². The average molecular weight is 660 g/mol. The molecule has 0 saturated carbocycles. The minimum atomic E-state index is -4.23. The van der Waals surface area contributed by atoms with Gasteiger partial charge in [0.15, 0.2) is 9.92 Å². The van der Waals surface area contributed by atoms with Gasteiger partial charge in [0, 0.05) is 5.69 Å². The molecule has 0 radical (unpaired) electrons. The van der Waals surface area contributed by atoms with Gasteiger partial charge in [0.25, 0.3) is 0 Å². The summed E-state index contributed by atoms with van der Waals surface area (Å²) >= 11 is 0. The summed E-state index contributed by atoms with van der Waals surface area (Å²) in [5.41, 5.74) is 6.02. The number of ether oxygens (including phenoxy) is 1. The van der Waals surface area contributed by atoms with E-state index in [1.807, 2.05) is 91.0 Å². The third kappa shape index (κ3) is 4.81. The molecular formula is C38H37N5O4S. The second kappa shape index (κ2) is 11.9. The molecule has 1 aromatic heterocycles. The summed E-state index contributed by atoms with van der Waals surface area (Å²) in [7, 11) is -4.23. The number of hydrogen-bond donors (Lipinski definition) is 3. The Hall–Kier alpha value is -4.93. The number of benzene rings is 4. The van der Waals surface area contributed by atoms with Gasteiger partial charge in [-0.05, 0) is 77.5 Å². The molecule has 3 aliphatic rings. The SMILES string of the molecule is N=S(=O)(c1cnn2c1OCC(O)C2)N(C(=O)Nc1c2c(cc3c1CCC3)CCC2)C(c1ccccc1)(c1ccccc1)c1ccccc1. The maximum absolute atomic E-state index is 15.7. The minimum Gasteiger partial charge on any atom is -0.474 e. The van der Waals surface area contributed by atoms with Crippen molar-refractivity contribution in [3.63, 3.8) is 0 Å². The van der Waals surface area contributed by atoms with Gasteiger partial charge in [-0.3, -0.25) is 0 Å². The lowest BCUT2D eigenvalue weighted by molar-refractivity contribution is 0.0537. The number of anilines is 1. The highest BCUT2D eigenvalue weighted by atomic mass is 32.2. The van der Waals surface area contributed by atoms with E-state index in [1.165, 1.54) is 26.3 Å². The highest BCUT2D eigenvalue weighted by molar-refractivity contribution is 7.90. The van der Waals surface area contributed by atoms with Gasteiger partial charge in [-0.1, -0.05) is 97.1 Å². The lowest BCUT2D eigenvalue weighted by Gasteiger charge is -2.45. The fourth-order valence-electron chi connectivity index (χ4n) is 7.82. The Balaban J connectivity index is 1.42. The first-order chi connectivity index (χ1) is 23.4. The van der Waals surface area contributed by atoms with Crippen molar-refractivity contribution in [1.29, 1.82) is 4.78 Å². The van der Waals surface area contributed by atoms with Crippen LogP contribution in [0.4, 0.5) is 10.5 Å². The maximum Gasteiger partial charge on any atom is 0.336 e. The Labute approximate surface area is 280 Å². The molecule has 2 unspecified atom stereocenters. The fraction of sp³-hybridized carbons (Fsp3) is 0.263. The van der Waals surface area contributed by atoms with Crippen LogP contribution in [0.5, 0.6) is 5.88 Å². The number of rotatable bonds is 7. The summed E-state index contributed by atoms with van der Waals surface area (Å²) in [4.78, 5) is 15.4. The van der Waals surface area contributed by atoms with Crippen LogP contribution in [0.15, 0.2) is 108 Å².